The number of imidazole rings is 1. The third kappa shape index (κ3) is 1.80. The summed E-state index contributed by atoms with van der Waals surface area (Å²) < 4.78 is 1.96. The summed E-state index contributed by atoms with van der Waals surface area (Å²) in [6, 6.07) is 0. The molecular weight excluding hydrogens is 140 g/mol. The van der Waals surface area contributed by atoms with Crippen molar-refractivity contribution in [1.29, 1.82) is 0 Å². The van der Waals surface area contributed by atoms with E-state index in [0.717, 1.165) is 11.4 Å². The van der Waals surface area contributed by atoms with Crippen molar-refractivity contribution in [3.05, 3.63) is 17.7 Å². The van der Waals surface area contributed by atoms with Gasteiger partial charge in [0.1, 0.15) is 0 Å². The van der Waals surface area contributed by atoms with Gasteiger partial charge >= 0.3 is 0 Å². The summed E-state index contributed by atoms with van der Waals surface area (Å²) in [6.07, 6.45) is 1.46. The molecule has 1 aromatic rings. The highest BCUT2D eigenvalue weighted by molar-refractivity contribution is 5.08. The highest BCUT2D eigenvalue weighted by atomic mass is 16.3. The highest BCUT2D eigenvalue weighted by Crippen LogP contribution is 2.04. The molecule has 0 amide bonds. The maximum atomic E-state index is 9.09. The van der Waals surface area contributed by atoms with Gasteiger partial charge in [-0.25, -0.2) is 4.98 Å². The molecule has 0 saturated heterocycles. The van der Waals surface area contributed by atoms with Crippen molar-refractivity contribution in [2.45, 2.75) is 33.4 Å². The Morgan fingerprint density at radius 2 is 2.27 bits per heavy atom. The summed E-state index contributed by atoms with van der Waals surface area (Å²) in [5.74, 6) is 0. The molecule has 1 atom stereocenters. The Balaban J connectivity index is 2.79. The highest BCUT2D eigenvalue weighted by Gasteiger charge is 2.03. The van der Waals surface area contributed by atoms with Crippen molar-refractivity contribution in [2.75, 3.05) is 0 Å². The Morgan fingerprint density at radius 3 is 2.64 bits per heavy atom. The molecule has 0 radical (unpaired) electrons. The van der Waals surface area contributed by atoms with Gasteiger partial charge in [0, 0.05) is 12.2 Å². The maximum Gasteiger partial charge on any atom is 0.0952 e. The standard InChI is InChI=1S/C8H14N2O/c1-6(11)4-10-5-9-7(2)8(10)3/h5-6,11H,4H2,1-3H3/t6-/m0/s1. The van der Waals surface area contributed by atoms with Crippen LogP contribution in [0.3, 0.4) is 0 Å². The van der Waals surface area contributed by atoms with Crippen molar-refractivity contribution >= 4 is 0 Å². The predicted molar refractivity (Wildman–Crippen MR) is 43.4 cm³/mol. The molecule has 0 fully saturated rings. The molecule has 0 aromatic carbocycles. The molecule has 0 bridgehead atoms. The summed E-state index contributed by atoms with van der Waals surface area (Å²) in [5.41, 5.74) is 2.16. The summed E-state index contributed by atoms with van der Waals surface area (Å²) >= 11 is 0. The Bertz CT molecular complexity index is 240. The van der Waals surface area contributed by atoms with E-state index in [4.69, 9.17) is 5.11 Å². The smallest absolute Gasteiger partial charge is 0.0952 e. The zero-order valence-corrected chi connectivity index (χ0v) is 7.20. The molecule has 0 aliphatic rings. The summed E-state index contributed by atoms with van der Waals surface area (Å²) in [4.78, 5) is 4.12. The number of aliphatic hydroxyl groups is 1. The lowest BCUT2D eigenvalue weighted by Crippen LogP contribution is -2.11. The number of aliphatic hydroxyl groups excluding tert-OH is 1. The van der Waals surface area contributed by atoms with Crippen LogP contribution in [0.5, 0.6) is 0 Å². The molecule has 0 unspecified atom stereocenters. The van der Waals surface area contributed by atoms with Gasteiger partial charge in [-0.05, 0) is 20.8 Å². The SMILES string of the molecule is Cc1ncn(C[C@H](C)O)c1C. The maximum absolute atomic E-state index is 9.09. The van der Waals surface area contributed by atoms with Crippen LogP contribution < -0.4 is 0 Å². The van der Waals surface area contributed by atoms with Gasteiger partial charge in [0.15, 0.2) is 0 Å². The zero-order valence-electron chi connectivity index (χ0n) is 7.20. The largest absolute Gasteiger partial charge is 0.392 e. The number of hydrogen-bond donors (Lipinski definition) is 1. The van der Waals surface area contributed by atoms with Crippen LogP contribution in [0.2, 0.25) is 0 Å². The molecule has 1 rings (SSSR count). The van der Waals surface area contributed by atoms with Crippen LogP contribution in [-0.2, 0) is 6.54 Å². The van der Waals surface area contributed by atoms with Crippen LogP contribution in [0, 0.1) is 13.8 Å². The number of nitrogens with zero attached hydrogens (tertiary/aromatic N) is 2. The third-order valence-corrected chi connectivity index (χ3v) is 1.81. The Kier molecular flexibility index (Phi) is 2.29. The first-order valence-electron chi connectivity index (χ1n) is 3.77. The Morgan fingerprint density at radius 1 is 1.64 bits per heavy atom. The van der Waals surface area contributed by atoms with E-state index in [2.05, 4.69) is 4.98 Å². The lowest BCUT2D eigenvalue weighted by molar-refractivity contribution is 0.172. The second-order valence-corrected chi connectivity index (χ2v) is 2.92. The topological polar surface area (TPSA) is 38.0 Å². The van der Waals surface area contributed by atoms with Gasteiger partial charge in [0.05, 0.1) is 18.1 Å². The van der Waals surface area contributed by atoms with E-state index in [1.54, 1.807) is 13.3 Å². The van der Waals surface area contributed by atoms with Gasteiger partial charge in [-0.2, -0.15) is 0 Å². The monoisotopic (exact) mass is 154 g/mol. The van der Waals surface area contributed by atoms with E-state index in [-0.39, 0.29) is 6.10 Å². The van der Waals surface area contributed by atoms with Crippen LogP contribution in [0.1, 0.15) is 18.3 Å². The van der Waals surface area contributed by atoms with Crippen molar-refractivity contribution in [3.63, 3.8) is 0 Å². The molecule has 1 N–H and O–H groups in total. The first-order valence-corrected chi connectivity index (χ1v) is 3.77. The minimum absolute atomic E-state index is 0.303. The predicted octanol–water partition coefficient (Wildman–Crippen LogP) is 0.881. The molecule has 0 aliphatic heterocycles. The average molecular weight is 154 g/mol. The number of aromatic nitrogens is 2. The van der Waals surface area contributed by atoms with Crippen molar-refractivity contribution in [2.24, 2.45) is 0 Å². The van der Waals surface area contributed by atoms with Gasteiger partial charge in [-0.3, -0.25) is 0 Å². The number of hydrogen-bond acceptors (Lipinski definition) is 2. The number of rotatable bonds is 2. The lowest BCUT2D eigenvalue weighted by atomic mass is 10.3. The molecule has 3 heteroatoms. The molecule has 0 saturated carbocycles. The molecule has 0 aliphatic carbocycles. The minimum atomic E-state index is -0.303. The second kappa shape index (κ2) is 3.05. The van der Waals surface area contributed by atoms with Crippen LogP contribution in [0.25, 0.3) is 0 Å². The normalized spacial score (nSPS) is 13.5. The lowest BCUT2D eigenvalue weighted by Gasteiger charge is -2.06. The summed E-state index contributed by atoms with van der Waals surface area (Å²) in [5, 5.41) is 9.09. The first-order chi connectivity index (χ1) is 5.11. The minimum Gasteiger partial charge on any atom is -0.392 e. The second-order valence-electron chi connectivity index (χ2n) is 2.92. The van der Waals surface area contributed by atoms with Gasteiger partial charge in [-0.1, -0.05) is 0 Å². The van der Waals surface area contributed by atoms with Gasteiger partial charge in [0.25, 0.3) is 0 Å². The fraction of sp³-hybridized carbons (Fsp3) is 0.625. The molecule has 62 valence electrons. The third-order valence-electron chi connectivity index (χ3n) is 1.81. The van der Waals surface area contributed by atoms with Crippen LogP contribution in [0.15, 0.2) is 6.33 Å². The van der Waals surface area contributed by atoms with E-state index in [0.29, 0.717) is 6.54 Å². The zero-order chi connectivity index (χ0) is 8.43. The quantitative estimate of drug-likeness (QED) is 0.686. The molecule has 11 heavy (non-hydrogen) atoms. The van der Waals surface area contributed by atoms with Crippen LogP contribution in [0.4, 0.5) is 0 Å². The Hall–Kier alpha value is -0.830. The van der Waals surface area contributed by atoms with E-state index < -0.39 is 0 Å². The fourth-order valence-corrected chi connectivity index (χ4v) is 1.01. The molecule has 1 aromatic heterocycles. The van der Waals surface area contributed by atoms with Crippen molar-refractivity contribution in [1.82, 2.24) is 9.55 Å². The van der Waals surface area contributed by atoms with Crippen molar-refractivity contribution in [3.8, 4) is 0 Å². The number of aryl methyl sites for hydroxylation is 1. The van der Waals surface area contributed by atoms with Crippen LogP contribution in [-0.4, -0.2) is 20.8 Å². The van der Waals surface area contributed by atoms with E-state index in [1.165, 1.54) is 0 Å². The van der Waals surface area contributed by atoms with Gasteiger partial charge in [-0.15, -0.1) is 0 Å². The van der Waals surface area contributed by atoms with E-state index in [1.807, 2.05) is 18.4 Å². The van der Waals surface area contributed by atoms with E-state index in [9.17, 15) is 0 Å². The van der Waals surface area contributed by atoms with Gasteiger partial charge in [0.2, 0.25) is 0 Å². The van der Waals surface area contributed by atoms with Crippen molar-refractivity contribution < 1.29 is 5.11 Å². The van der Waals surface area contributed by atoms with Gasteiger partial charge < -0.3 is 9.67 Å². The molecule has 1 heterocycles. The summed E-state index contributed by atoms with van der Waals surface area (Å²) in [7, 11) is 0. The van der Waals surface area contributed by atoms with E-state index >= 15 is 0 Å². The molecule has 3 nitrogen and oxygen atoms in total. The fourth-order valence-electron chi connectivity index (χ4n) is 1.01. The first kappa shape index (κ1) is 8.27. The summed E-state index contributed by atoms with van der Waals surface area (Å²) in [6.45, 7) is 6.38. The van der Waals surface area contributed by atoms with Crippen LogP contribution >= 0.6 is 0 Å². The Labute approximate surface area is 66.7 Å². The molecule has 0 spiro atoms. The molecular formula is C8H14N2O. The average Bonchev–Trinajstić information content (AvgIpc) is 2.18.